The first-order valence-corrected chi connectivity index (χ1v) is 8.46. The highest BCUT2D eigenvalue weighted by molar-refractivity contribution is 5.78. The minimum atomic E-state index is -4.42. The van der Waals surface area contributed by atoms with E-state index >= 15 is 0 Å². The highest BCUT2D eigenvalue weighted by atomic mass is 19.4. The predicted molar refractivity (Wildman–Crippen MR) is 90.1 cm³/mol. The summed E-state index contributed by atoms with van der Waals surface area (Å²) in [4.78, 5) is 17.6. The number of alkyl halides is 3. The van der Waals surface area contributed by atoms with Gasteiger partial charge in [-0.05, 0) is 18.6 Å². The summed E-state index contributed by atoms with van der Waals surface area (Å²) >= 11 is 0. The molecule has 2 saturated heterocycles. The maximum Gasteiger partial charge on any atom is 0.416 e. The molecule has 2 aliphatic heterocycles. The van der Waals surface area contributed by atoms with Gasteiger partial charge < -0.3 is 15.5 Å². The fourth-order valence-corrected chi connectivity index (χ4v) is 4.08. The number of anilines is 1. The molecule has 2 fully saturated rings. The van der Waals surface area contributed by atoms with Gasteiger partial charge in [0.1, 0.15) is 12.1 Å². The molecule has 0 radical (unpaired) electrons. The number of carbonyl (C=O) groups is 1. The largest absolute Gasteiger partial charge is 0.416 e. The van der Waals surface area contributed by atoms with E-state index in [4.69, 9.17) is 0 Å². The standard InChI is InChI=1S/C17H20F3N5O/c1-15(2)9-24(4-3-16(15)8-22-14(26)23-16)13-6-11(17(18,19)20)5-12-7-21-10-25(12)13/h5-7,10H,3-4,8-9H2,1-2H3,(H2,22,23,26). The summed E-state index contributed by atoms with van der Waals surface area (Å²) in [5.41, 5.74) is -1.000. The van der Waals surface area contributed by atoms with Crippen LogP contribution in [0.1, 0.15) is 25.8 Å². The van der Waals surface area contributed by atoms with Gasteiger partial charge in [0.15, 0.2) is 0 Å². The summed E-state index contributed by atoms with van der Waals surface area (Å²) in [5.74, 6) is 0.465. The van der Waals surface area contributed by atoms with E-state index in [1.165, 1.54) is 18.6 Å². The van der Waals surface area contributed by atoms with Crippen molar-refractivity contribution in [3.63, 3.8) is 0 Å². The number of nitrogens with zero attached hydrogens (tertiary/aromatic N) is 3. The number of aromatic nitrogens is 2. The number of urea groups is 1. The minimum absolute atomic E-state index is 0.192. The Bertz CT molecular complexity index is 875. The van der Waals surface area contributed by atoms with Gasteiger partial charge in [-0.3, -0.25) is 4.40 Å². The number of nitrogens with one attached hydrogen (secondary N) is 2. The number of piperidine rings is 1. The molecule has 0 saturated carbocycles. The molecule has 0 aliphatic carbocycles. The van der Waals surface area contributed by atoms with Gasteiger partial charge in [0.2, 0.25) is 0 Å². The van der Waals surface area contributed by atoms with Crippen molar-refractivity contribution < 1.29 is 18.0 Å². The lowest BCUT2D eigenvalue weighted by Gasteiger charge is -2.51. The number of hydrogen-bond donors (Lipinski definition) is 2. The molecule has 2 aliphatic rings. The molecular weight excluding hydrogens is 347 g/mol. The van der Waals surface area contributed by atoms with Crippen molar-refractivity contribution in [3.05, 3.63) is 30.2 Å². The molecular formula is C17H20F3N5O. The zero-order valence-corrected chi connectivity index (χ0v) is 14.5. The Morgan fingerprint density at radius 3 is 2.65 bits per heavy atom. The quantitative estimate of drug-likeness (QED) is 0.815. The van der Waals surface area contributed by atoms with Crippen LogP contribution in [0.5, 0.6) is 0 Å². The van der Waals surface area contributed by atoms with E-state index < -0.39 is 17.3 Å². The van der Waals surface area contributed by atoms with E-state index in [-0.39, 0.29) is 11.4 Å². The number of rotatable bonds is 1. The van der Waals surface area contributed by atoms with Gasteiger partial charge in [0, 0.05) is 25.0 Å². The van der Waals surface area contributed by atoms with Crippen LogP contribution in [-0.4, -0.2) is 40.6 Å². The molecule has 1 atom stereocenters. The van der Waals surface area contributed by atoms with Crippen LogP contribution in [0, 0.1) is 5.41 Å². The zero-order chi connectivity index (χ0) is 18.7. The number of imidazole rings is 1. The molecule has 26 heavy (non-hydrogen) atoms. The smallest absolute Gasteiger partial charge is 0.357 e. The summed E-state index contributed by atoms with van der Waals surface area (Å²) in [6.45, 7) is 5.65. The molecule has 0 aromatic carbocycles. The lowest BCUT2D eigenvalue weighted by molar-refractivity contribution is -0.137. The van der Waals surface area contributed by atoms with Gasteiger partial charge in [-0.15, -0.1) is 0 Å². The summed E-state index contributed by atoms with van der Waals surface area (Å²) in [7, 11) is 0. The number of amides is 2. The van der Waals surface area contributed by atoms with Gasteiger partial charge in [0.05, 0.1) is 22.8 Å². The van der Waals surface area contributed by atoms with Crippen LogP contribution in [0.3, 0.4) is 0 Å². The average Bonchev–Trinajstić information content (AvgIpc) is 3.16. The van der Waals surface area contributed by atoms with E-state index in [1.54, 1.807) is 4.40 Å². The Morgan fingerprint density at radius 1 is 1.27 bits per heavy atom. The van der Waals surface area contributed by atoms with Gasteiger partial charge in [-0.1, -0.05) is 13.8 Å². The molecule has 140 valence electrons. The third-order valence-corrected chi connectivity index (χ3v) is 5.75. The van der Waals surface area contributed by atoms with Crippen molar-refractivity contribution >= 4 is 17.4 Å². The maximum atomic E-state index is 13.3. The number of halogens is 3. The molecule has 2 amide bonds. The Balaban J connectivity index is 1.73. The van der Waals surface area contributed by atoms with E-state index in [0.29, 0.717) is 37.4 Å². The fourth-order valence-electron chi connectivity index (χ4n) is 4.08. The van der Waals surface area contributed by atoms with Crippen molar-refractivity contribution in [2.24, 2.45) is 5.41 Å². The van der Waals surface area contributed by atoms with Gasteiger partial charge in [-0.25, -0.2) is 9.78 Å². The Hall–Kier alpha value is -2.45. The number of hydrogen-bond acceptors (Lipinski definition) is 3. The summed E-state index contributed by atoms with van der Waals surface area (Å²) in [6, 6.07) is 2.09. The lowest BCUT2D eigenvalue weighted by Crippen LogP contribution is -2.64. The van der Waals surface area contributed by atoms with Gasteiger partial charge in [-0.2, -0.15) is 13.2 Å². The molecule has 9 heteroatoms. The Morgan fingerprint density at radius 2 is 2.04 bits per heavy atom. The molecule has 2 aromatic heterocycles. The molecule has 2 aromatic rings. The number of carbonyl (C=O) groups excluding carboxylic acids is 1. The lowest BCUT2D eigenvalue weighted by atomic mass is 9.68. The average molecular weight is 367 g/mol. The van der Waals surface area contributed by atoms with Crippen molar-refractivity contribution in [3.8, 4) is 0 Å². The molecule has 1 unspecified atom stereocenters. The second-order valence-corrected chi connectivity index (χ2v) is 7.73. The van der Waals surface area contributed by atoms with Crippen LogP contribution >= 0.6 is 0 Å². The van der Waals surface area contributed by atoms with Gasteiger partial charge in [0.25, 0.3) is 0 Å². The molecule has 4 heterocycles. The van der Waals surface area contributed by atoms with Crippen LogP contribution in [0.2, 0.25) is 0 Å². The van der Waals surface area contributed by atoms with Crippen LogP contribution in [0.25, 0.3) is 5.52 Å². The van der Waals surface area contributed by atoms with Crippen LogP contribution in [0.4, 0.5) is 23.8 Å². The maximum absolute atomic E-state index is 13.3. The summed E-state index contributed by atoms with van der Waals surface area (Å²) in [5, 5.41) is 5.84. The minimum Gasteiger partial charge on any atom is -0.357 e. The molecule has 1 spiro atoms. The Labute approximate surface area is 148 Å². The van der Waals surface area contributed by atoms with Crippen LogP contribution in [0.15, 0.2) is 24.7 Å². The third-order valence-electron chi connectivity index (χ3n) is 5.75. The first-order valence-electron chi connectivity index (χ1n) is 8.46. The molecule has 6 nitrogen and oxygen atoms in total. The van der Waals surface area contributed by atoms with Crippen molar-refractivity contribution in [1.82, 2.24) is 20.0 Å². The van der Waals surface area contributed by atoms with E-state index in [9.17, 15) is 18.0 Å². The second kappa shape index (κ2) is 5.28. The number of fused-ring (bicyclic) bond motifs is 1. The van der Waals surface area contributed by atoms with E-state index in [1.807, 2.05) is 18.7 Å². The highest BCUT2D eigenvalue weighted by Gasteiger charge is 2.53. The van der Waals surface area contributed by atoms with Crippen LogP contribution in [-0.2, 0) is 6.18 Å². The third kappa shape index (κ3) is 2.48. The zero-order valence-electron chi connectivity index (χ0n) is 14.5. The summed E-state index contributed by atoms with van der Waals surface area (Å²) < 4.78 is 41.6. The van der Waals surface area contributed by atoms with Crippen molar-refractivity contribution in [2.75, 3.05) is 24.5 Å². The monoisotopic (exact) mass is 367 g/mol. The first kappa shape index (κ1) is 17.0. The SMILES string of the molecule is CC1(C)CN(c2cc(C(F)(F)F)cc3cncn23)CCC12CNC(=O)N2. The molecule has 4 rings (SSSR count). The van der Waals surface area contributed by atoms with Crippen molar-refractivity contribution in [2.45, 2.75) is 32.0 Å². The molecule has 2 N–H and O–H groups in total. The molecule has 0 bridgehead atoms. The first-order chi connectivity index (χ1) is 12.1. The topological polar surface area (TPSA) is 61.7 Å². The highest BCUT2D eigenvalue weighted by Crippen LogP contribution is 2.42. The Kier molecular flexibility index (Phi) is 3.45. The van der Waals surface area contributed by atoms with Crippen molar-refractivity contribution in [1.29, 1.82) is 0 Å². The normalized spacial score (nSPS) is 25.6. The predicted octanol–water partition coefficient (Wildman–Crippen LogP) is 2.64. The second-order valence-electron chi connectivity index (χ2n) is 7.73. The van der Waals surface area contributed by atoms with Crippen LogP contribution < -0.4 is 15.5 Å². The van der Waals surface area contributed by atoms with Gasteiger partial charge >= 0.3 is 12.2 Å². The number of pyridine rings is 1. The van der Waals surface area contributed by atoms with E-state index in [2.05, 4.69) is 15.6 Å². The summed E-state index contributed by atoms with van der Waals surface area (Å²) in [6.07, 6.45) is -0.820. The fraction of sp³-hybridized carbons (Fsp3) is 0.529. The van der Waals surface area contributed by atoms with E-state index in [0.717, 1.165) is 6.07 Å².